The van der Waals surface area contributed by atoms with Gasteiger partial charge in [0.1, 0.15) is 0 Å². The van der Waals surface area contributed by atoms with Crippen LogP contribution in [-0.2, 0) is 4.79 Å². The van der Waals surface area contributed by atoms with E-state index in [1.807, 2.05) is 18.7 Å². The number of unbranched alkanes of at least 4 members (excludes halogenated alkanes) is 1. The van der Waals surface area contributed by atoms with Crippen molar-refractivity contribution in [2.75, 3.05) is 13.1 Å². The van der Waals surface area contributed by atoms with Gasteiger partial charge in [0.2, 0.25) is 6.41 Å². The Balaban J connectivity index is 0. The summed E-state index contributed by atoms with van der Waals surface area (Å²) in [5.74, 6) is 0. The summed E-state index contributed by atoms with van der Waals surface area (Å²) in [7, 11) is 0. The highest BCUT2D eigenvalue weighted by molar-refractivity contribution is 5.46. The Morgan fingerprint density at radius 1 is 1.00 bits per heavy atom. The Morgan fingerprint density at radius 2 is 1.43 bits per heavy atom. The minimum absolute atomic E-state index is 0.944. The number of carbonyl (C=O) groups excluding carboxylic acids is 1. The minimum Gasteiger partial charge on any atom is -0.345 e. The summed E-state index contributed by atoms with van der Waals surface area (Å²) < 4.78 is 0. The lowest BCUT2D eigenvalue weighted by Crippen LogP contribution is -2.27. The van der Waals surface area contributed by atoms with Crippen molar-refractivity contribution in [3.05, 3.63) is 0 Å². The van der Waals surface area contributed by atoms with E-state index in [0.29, 0.717) is 0 Å². The van der Waals surface area contributed by atoms with Crippen LogP contribution in [0.15, 0.2) is 0 Å². The van der Waals surface area contributed by atoms with Crippen LogP contribution < -0.4 is 0 Å². The molecule has 0 radical (unpaired) electrons. The summed E-state index contributed by atoms with van der Waals surface area (Å²) in [4.78, 5) is 11.9. The van der Waals surface area contributed by atoms with Crippen molar-refractivity contribution < 1.29 is 4.79 Å². The van der Waals surface area contributed by atoms with Gasteiger partial charge in [-0.2, -0.15) is 0 Å². The van der Waals surface area contributed by atoms with Crippen molar-refractivity contribution in [2.45, 2.75) is 59.8 Å². The van der Waals surface area contributed by atoms with Gasteiger partial charge in [-0.25, -0.2) is 0 Å². The van der Waals surface area contributed by atoms with Crippen LogP contribution in [-0.4, -0.2) is 24.4 Å². The molecule has 0 N–H and O–H groups in total. The lowest BCUT2D eigenvalue weighted by atomic mass is 10.1. The summed E-state index contributed by atoms with van der Waals surface area (Å²) >= 11 is 0. The van der Waals surface area contributed by atoms with E-state index in [0.717, 1.165) is 19.5 Å². The third-order valence-electron chi connectivity index (χ3n) is 2.04. The first-order valence-corrected chi connectivity index (χ1v) is 6.04. The van der Waals surface area contributed by atoms with Gasteiger partial charge in [-0.1, -0.05) is 40.5 Å². The fourth-order valence-electron chi connectivity index (χ4n) is 1.02. The van der Waals surface area contributed by atoms with Crippen molar-refractivity contribution in [3.63, 3.8) is 0 Å². The van der Waals surface area contributed by atoms with Gasteiger partial charge in [0.25, 0.3) is 0 Å². The summed E-state index contributed by atoms with van der Waals surface area (Å²) in [5.41, 5.74) is 0. The maximum atomic E-state index is 10.1. The van der Waals surface area contributed by atoms with Crippen LogP contribution in [0.4, 0.5) is 0 Å². The highest BCUT2D eigenvalue weighted by atomic mass is 16.1. The molecule has 0 bridgehead atoms. The summed E-state index contributed by atoms with van der Waals surface area (Å²) in [5, 5.41) is 0. The first-order chi connectivity index (χ1) is 6.85. The monoisotopic (exact) mass is 201 g/mol. The van der Waals surface area contributed by atoms with Crippen LogP contribution in [0.5, 0.6) is 0 Å². The predicted molar refractivity (Wildman–Crippen MR) is 63.4 cm³/mol. The van der Waals surface area contributed by atoms with Gasteiger partial charge in [0, 0.05) is 13.1 Å². The van der Waals surface area contributed by atoms with E-state index in [1.54, 1.807) is 0 Å². The summed E-state index contributed by atoms with van der Waals surface area (Å²) in [6, 6.07) is 0. The maximum Gasteiger partial charge on any atom is 0.209 e. The topological polar surface area (TPSA) is 20.3 Å². The van der Waals surface area contributed by atoms with E-state index in [1.165, 1.54) is 32.1 Å². The molecule has 86 valence electrons. The minimum atomic E-state index is 0.944. The molecule has 1 saturated heterocycles. The van der Waals surface area contributed by atoms with Gasteiger partial charge < -0.3 is 4.90 Å². The standard InChI is InChI=1S/C6H11NO.C4H10.C2H6/c8-6-7-4-2-1-3-5-7;1-3-4-2;1-2/h6H,1-5H2;3-4H2,1-2H3;1-2H3. The van der Waals surface area contributed by atoms with Crippen molar-refractivity contribution in [1.82, 2.24) is 4.90 Å². The number of likely N-dealkylation sites (tertiary alicyclic amines) is 1. The van der Waals surface area contributed by atoms with Crippen molar-refractivity contribution in [1.29, 1.82) is 0 Å². The molecular weight excluding hydrogens is 174 g/mol. The van der Waals surface area contributed by atoms with Gasteiger partial charge in [-0.05, 0) is 19.3 Å². The van der Waals surface area contributed by atoms with Crippen LogP contribution in [0.25, 0.3) is 0 Å². The van der Waals surface area contributed by atoms with Crippen LogP contribution in [0.1, 0.15) is 59.8 Å². The molecule has 0 atom stereocenters. The molecular formula is C12H27NO. The molecule has 0 aromatic rings. The molecule has 1 amide bonds. The number of hydrogen-bond donors (Lipinski definition) is 0. The van der Waals surface area contributed by atoms with Gasteiger partial charge in [-0.15, -0.1) is 0 Å². The molecule has 1 fully saturated rings. The average Bonchev–Trinajstić information content (AvgIpc) is 2.33. The van der Waals surface area contributed by atoms with Crippen LogP contribution in [0, 0.1) is 0 Å². The summed E-state index contributed by atoms with van der Waals surface area (Å²) in [6.45, 7) is 10.3. The van der Waals surface area contributed by atoms with E-state index in [2.05, 4.69) is 13.8 Å². The van der Waals surface area contributed by atoms with Crippen LogP contribution in [0.2, 0.25) is 0 Å². The van der Waals surface area contributed by atoms with Gasteiger partial charge in [0.15, 0.2) is 0 Å². The molecule has 0 aromatic heterocycles. The smallest absolute Gasteiger partial charge is 0.209 e. The zero-order valence-corrected chi connectivity index (χ0v) is 10.4. The zero-order valence-electron chi connectivity index (χ0n) is 10.4. The second-order valence-electron chi connectivity index (χ2n) is 3.20. The molecule has 14 heavy (non-hydrogen) atoms. The predicted octanol–water partition coefficient (Wildman–Crippen LogP) is 3.46. The van der Waals surface area contributed by atoms with Gasteiger partial charge >= 0.3 is 0 Å². The number of rotatable bonds is 2. The number of hydrogen-bond acceptors (Lipinski definition) is 1. The van der Waals surface area contributed by atoms with E-state index >= 15 is 0 Å². The highest BCUT2D eigenvalue weighted by Crippen LogP contribution is 2.05. The Labute approximate surface area is 89.7 Å². The van der Waals surface area contributed by atoms with Crippen LogP contribution >= 0.6 is 0 Å². The average molecular weight is 201 g/mol. The first kappa shape index (κ1) is 15.9. The third kappa shape index (κ3) is 11.5. The lowest BCUT2D eigenvalue weighted by Gasteiger charge is -2.21. The molecule has 1 heterocycles. The largest absolute Gasteiger partial charge is 0.345 e. The molecule has 0 unspecified atom stereocenters. The van der Waals surface area contributed by atoms with E-state index in [-0.39, 0.29) is 0 Å². The second-order valence-corrected chi connectivity index (χ2v) is 3.20. The van der Waals surface area contributed by atoms with Gasteiger partial charge in [0.05, 0.1) is 0 Å². The van der Waals surface area contributed by atoms with E-state index in [9.17, 15) is 4.79 Å². The zero-order chi connectivity index (χ0) is 11.2. The Hall–Kier alpha value is -0.530. The quantitative estimate of drug-likeness (QED) is 0.626. The SMILES string of the molecule is CC.CCCC.O=CN1CCCCC1. The number of piperidine rings is 1. The summed E-state index contributed by atoms with van der Waals surface area (Å²) in [6.07, 6.45) is 7.26. The molecule has 2 nitrogen and oxygen atoms in total. The number of amides is 1. The molecule has 0 aromatic carbocycles. The molecule has 2 heteroatoms. The van der Waals surface area contributed by atoms with Crippen molar-refractivity contribution >= 4 is 6.41 Å². The number of carbonyl (C=O) groups is 1. The lowest BCUT2D eigenvalue weighted by molar-refractivity contribution is -0.118. The molecule has 0 saturated carbocycles. The van der Waals surface area contributed by atoms with Crippen molar-refractivity contribution in [2.24, 2.45) is 0 Å². The third-order valence-corrected chi connectivity index (χ3v) is 2.04. The highest BCUT2D eigenvalue weighted by Gasteiger charge is 2.05. The fraction of sp³-hybridized carbons (Fsp3) is 0.917. The Kier molecular flexibility index (Phi) is 17.0. The second kappa shape index (κ2) is 15.0. The normalized spacial score (nSPS) is 14.4. The number of nitrogens with zero attached hydrogens (tertiary/aromatic N) is 1. The molecule has 1 rings (SSSR count). The van der Waals surface area contributed by atoms with Crippen LogP contribution in [0.3, 0.4) is 0 Å². The molecule has 0 aliphatic carbocycles. The Morgan fingerprint density at radius 3 is 1.64 bits per heavy atom. The fourth-order valence-corrected chi connectivity index (χ4v) is 1.02. The van der Waals surface area contributed by atoms with E-state index in [4.69, 9.17) is 0 Å². The van der Waals surface area contributed by atoms with E-state index < -0.39 is 0 Å². The van der Waals surface area contributed by atoms with Crippen molar-refractivity contribution in [3.8, 4) is 0 Å². The molecule has 1 aliphatic rings. The maximum absolute atomic E-state index is 10.1. The van der Waals surface area contributed by atoms with Gasteiger partial charge in [-0.3, -0.25) is 4.79 Å². The molecule has 1 aliphatic heterocycles. The Bertz CT molecular complexity index is 96.5. The molecule has 0 spiro atoms. The first-order valence-electron chi connectivity index (χ1n) is 6.04.